The Balaban J connectivity index is 1.73. The van der Waals surface area contributed by atoms with Crippen LogP contribution in [0.3, 0.4) is 0 Å². The first-order chi connectivity index (χ1) is 14.7. The van der Waals surface area contributed by atoms with Gasteiger partial charge in [-0.2, -0.15) is 18.3 Å². The summed E-state index contributed by atoms with van der Waals surface area (Å²) in [6.45, 7) is 0.210. The van der Waals surface area contributed by atoms with E-state index in [0.717, 1.165) is 11.6 Å². The maximum Gasteiger partial charge on any atom is 0.433 e. The SMILES string of the molecule is O=C(NCc1ccccc1)c1cc2nc(-c3ccc(Cl)c(Cl)c3)cc(C(F)(F)F)n2n1. The van der Waals surface area contributed by atoms with Crippen molar-refractivity contribution in [3.8, 4) is 11.3 Å². The molecule has 0 spiro atoms. The van der Waals surface area contributed by atoms with Crippen LogP contribution in [0.5, 0.6) is 0 Å². The van der Waals surface area contributed by atoms with E-state index in [2.05, 4.69) is 15.4 Å². The molecular formula is C21H13Cl2F3N4O. The monoisotopic (exact) mass is 464 g/mol. The highest BCUT2D eigenvalue weighted by Crippen LogP contribution is 2.34. The van der Waals surface area contributed by atoms with E-state index in [4.69, 9.17) is 23.2 Å². The molecule has 0 radical (unpaired) electrons. The van der Waals surface area contributed by atoms with Crippen LogP contribution in [0.1, 0.15) is 21.7 Å². The smallest absolute Gasteiger partial charge is 0.347 e. The highest BCUT2D eigenvalue weighted by molar-refractivity contribution is 6.42. The molecule has 0 saturated heterocycles. The number of aromatic nitrogens is 3. The zero-order valence-corrected chi connectivity index (χ0v) is 17.1. The summed E-state index contributed by atoms with van der Waals surface area (Å²) < 4.78 is 41.7. The van der Waals surface area contributed by atoms with E-state index in [0.29, 0.717) is 10.1 Å². The summed E-state index contributed by atoms with van der Waals surface area (Å²) >= 11 is 11.9. The molecule has 0 atom stereocenters. The van der Waals surface area contributed by atoms with Gasteiger partial charge in [-0.1, -0.05) is 59.6 Å². The number of fused-ring (bicyclic) bond motifs is 1. The number of amides is 1. The number of hydrogen-bond acceptors (Lipinski definition) is 3. The second kappa shape index (κ2) is 8.20. The minimum Gasteiger partial charge on any atom is -0.347 e. The Labute approximate surface area is 184 Å². The van der Waals surface area contributed by atoms with Crippen LogP contribution in [0.15, 0.2) is 60.7 Å². The third kappa shape index (κ3) is 4.50. The lowest BCUT2D eigenvalue weighted by Gasteiger charge is -2.11. The van der Waals surface area contributed by atoms with Crippen molar-refractivity contribution in [1.29, 1.82) is 0 Å². The summed E-state index contributed by atoms with van der Waals surface area (Å²) in [5.41, 5.74) is -0.162. The fraction of sp³-hybridized carbons (Fsp3) is 0.0952. The van der Waals surface area contributed by atoms with Crippen LogP contribution in [0.2, 0.25) is 10.0 Å². The van der Waals surface area contributed by atoms with Gasteiger partial charge in [0.2, 0.25) is 0 Å². The standard InChI is InChI=1S/C21H13Cl2F3N4O/c22-14-7-6-13(8-15(14)23)16-9-18(21(24,25)26)30-19(28-16)10-17(29-30)20(31)27-11-12-4-2-1-3-5-12/h1-10H,11H2,(H,27,31). The summed E-state index contributed by atoms with van der Waals surface area (Å²) in [6.07, 6.45) is -4.73. The number of hydrogen-bond donors (Lipinski definition) is 1. The molecule has 0 fully saturated rings. The molecule has 4 rings (SSSR count). The van der Waals surface area contributed by atoms with Crippen molar-refractivity contribution in [2.24, 2.45) is 0 Å². The summed E-state index contributed by atoms with van der Waals surface area (Å²) in [5, 5.41) is 6.92. The predicted molar refractivity (Wildman–Crippen MR) is 111 cm³/mol. The molecule has 0 aliphatic heterocycles. The van der Waals surface area contributed by atoms with Gasteiger partial charge in [0.25, 0.3) is 5.91 Å². The van der Waals surface area contributed by atoms with E-state index in [1.165, 1.54) is 24.3 Å². The van der Waals surface area contributed by atoms with Crippen molar-refractivity contribution in [3.05, 3.63) is 87.7 Å². The van der Waals surface area contributed by atoms with Crippen LogP contribution in [0.25, 0.3) is 16.9 Å². The molecule has 31 heavy (non-hydrogen) atoms. The van der Waals surface area contributed by atoms with E-state index in [1.807, 2.05) is 30.3 Å². The molecule has 2 aromatic heterocycles. The van der Waals surface area contributed by atoms with Gasteiger partial charge in [0.1, 0.15) is 0 Å². The lowest BCUT2D eigenvalue weighted by molar-refractivity contribution is -0.142. The van der Waals surface area contributed by atoms with Crippen molar-refractivity contribution in [3.63, 3.8) is 0 Å². The van der Waals surface area contributed by atoms with Gasteiger partial charge in [0, 0.05) is 18.2 Å². The van der Waals surface area contributed by atoms with Gasteiger partial charge < -0.3 is 5.32 Å². The second-order valence-electron chi connectivity index (χ2n) is 6.62. The topological polar surface area (TPSA) is 59.3 Å². The average Bonchev–Trinajstić information content (AvgIpc) is 3.17. The van der Waals surface area contributed by atoms with Gasteiger partial charge in [-0.25, -0.2) is 9.50 Å². The normalized spacial score (nSPS) is 11.6. The molecule has 5 nitrogen and oxygen atoms in total. The first-order valence-corrected chi connectivity index (χ1v) is 9.73. The third-order valence-corrected chi connectivity index (χ3v) is 5.20. The molecule has 2 aromatic carbocycles. The molecule has 2 heterocycles. The van der Waals surface area contributed by atoms with Crippen LogP contribution in [0.4, 0.5) is 13.2 Å². The third-order valence-electron chi connectivity index (χ3n) is 4.46. The van der Waals surface area contributed by atoms with Crippen molar-refractivity contribution in [2.75, 3.05) is 0 Å². The van der Waals surface area contributed by atoms with E-state index in [9.17, 15) is 18.0 Å². The number of carbonyl (C=O) groups is 1. The first kappa shape index (κ1) is 21.1. The number of halogens is 5. The maximum absolute atomic E-state index is 13.7. The van der Waals surface area contributed by atoms with Crippen LogP contribution in [0, 0.1) is 0 Å². The van der Waals surface area contributed by atoms with Crippen molar-refractivity contribution in [1.82, 2.24) is 19.9 Å². The molecular weight excluding hydrogens is 452 g/mol. The summed E-state index contributed by atoms with van der Waals surface area (Å²) in [6, 6.07) is 15.6. The average molecular weight is 465 g/mol. The predicted octanol–water partition coefficient (Wildman–Crippen LogP) is 5.65. The summed E-state index contributed by atoms with van der Waals surface area (Å²) in [5.74, 6) is -0.612. The lowest BCUT2D eigenvalue weighted by atomic mass is 10.1. The maximum atomic E-state index is 13.7. The Bertz CT molecular complexity index is 1270. The Morgan fingerprint density at radius 1 is 1.00 bits per heavy atom. The molecule has 0 unspecified atom stereocenters. The second-order valence-corrected chi connectivity index (χ2v) is 7.44. The fourth-order valence-electron chi connectivity index (χ4n) is 2.96. The molecule has 0 aliphatic carbocycles. The summed E-state index contributed by atoms with van der Waals surface area (Å²) in [7, 11) is 0. The molecule has 0 aliphatic rings. The Morgan fingerprint density at radius 2 is 1.74 bits per heavy atom. The highest BCUT2D eigenvalue weighted by Gasteiger charge is 2.35. The van der Waals surface area contributed by atoms with Crippen molar-refractivity contribution < 1.29 is 18.0 Å². The number of nitrogens with one attached hydrogen (secondary N) is 1. The molecule has 10 heteroatoms. The molecule has 0 saturated carbocycles. The minimum absolute atomic E-state index is 0.0227. The van der Waals surface area contributed by atoms with Gasteiger partial charge in [-0.05, 0) is 23.8 Å². The van der Waals surface area contributed by atoms with E-state index in [1.54, 1.807) is 0 Å². The lowest BCUT2D eigenvalue weighted by Crippen LogP contribution is -2.23. The number of carbonyl (C=O) groups excluding carboxylic acids is 1. The Hall–Kier alpha value is -3.10. The van der Waals surface area contributed by atoms with Gasteiger partial charge in [0.15, 0.2) is 17.0 Å². The summed E-state index contributed by atoms with van der Waals surface area (Å²) in [4.78, 5) is 16.7. The number of rotatable bonds is 4. The quantitative estimate of drug-likeness (QED) is 0.424. The number of alkyl halides is 3. The van der Waals surface area contributed by atoms with Gasteiger partial charge >= 0.3 is 6.18 Å². The van der Waals surface area contributed by atoms with Crippen molar-refractivity contribution >= 4 is 34.8 Å². The molecule has 158 valence electrons. The van der Waals surface area contributed by atoms with Crippen molar-refractivity contribution in [2.45, 2.75) is 12.7 Å². The van der Waals surface area contributed by atoms with Crippen LogP contribution >= 0.6 is 23.2 Å². The van der Waals surface area contributed by atoms with Crippen LogP contribution in [-0.4, -0.2) is 20.5 Å². The highest BCUT2D eigenvalue weighted by atomic mass is 35.5. The van der Waals surface area contributed by atoms with Gasteiger partial charge in [-0.3, -0.25) is 4.79 Å². The van der Waals surface area contributed by atoms with Crippen LogP contribution in [-0.2, 0) is 12.7 Å². The van der Waals surface area contributed by atoms with Crippen LogP contribution < -0.4 is 5.32 Å². The number of benzene rings is 2. The molecule has 1 N–H and O–H groups in total. The fourth-order valence-corrected chi connectivity index (χ4v) is 3.26. The van der Waals surface area contributed by atoms with E-state index >= 15 is 0 Å². The first-order valence-electron chi connectivity index (χ1n) is 8.98. The zero-order chi connectivity index (χ0) is 22.2. The zero-order valence-electron chi connectivity index (χ0n) is 15.6. The molecule has 1 amide bonds. The number of nitrogens with zero attached hydrogens (tertiary/aromatic N) is 3. The largest absolute Gasteiger partial charge is 0.433 e. The van der Waals surface area contributed by atoms with Gasteiger partial charge in [-0.15, -0.1) is 0 Å². The Kier molecular flexibility index (Phi) is 5.60. The Morgan fingerprint density at radius 3 is 2.42 bits per heavy atom. The van der Waals surface area contributed by atoms with Gasteiger partial charge in [0.05, 0.1) is 15.7 Å². The van der Waals surface area contributed by atoms with E-state index < -0.39 is 17.8 Å². The minimum atomic E-state index is -4.73. The molecule has 0 bridgehead atoms. The molecule has 4 aromatic rings. The van der Waals surface area contributed by atoms with E-state index in [-0.39, 0.29) is 33.6 Å².